The van der Waals surface area contributed by atoms with Crippen LogP contribution in [-0.2, 0) is 5.11 Å². The average Bonchev–Trinajstić information content (AvgIpc) is 2.17. The molecule has 0 saturated carbocycles. The monoisotopic (exact) mass is 227 g/mol. The second-order valence-corrected chi connectivity index (χ2v) is 3.08. The van der Waals surface area contributed by atoms with Crippen LogP contribution in [0.2, 0.25) is 0 Å². The van der Waals surface area contributed by atoms with Crippen LogP contribution < -0.4 is 0 Å². The number of non-ortho nitro benzene ring substituents is 2. The first-order valence-electron chi connectivity index (χ1n) is 4.39. The zero-order valence-electron chi connectivity index (χ0n) is 8.82. The summed E-state index contributed by atoms with van der Waals surface area (Å²) in [7, 11) is 0. The normalized spacial score (nSPS) is 9.25. The lowest BCUT2D eigenvalue weighted by atomic mass is 10.3. The summed E-state index contributed by atoms with van der Waals surface area (Å²) in [4.78, 5) is 19.0. The van der Waals surface area contributed by atoms with Crippen molar-refractivity contribution in [3.8, 4) is 0 Å². The maximum Gasteiger partial charge on any atom is 0.269 e. The van der Waals surface area contributed by atoms with Gasteiger partial charge in [-0.3, -0.25) is 20.2 Å². The van der Waals surface area contributed by atoms with E-state index in [4.69, 9.17) is 0 Å². The van der Waals surface area contributed by atoms with Gasteiger partial charge in [-0.2, -0.15) is 0 Å². The fourth-order valence-corrected chi connectivity index (χ4v) is 0.696. The van der Waals surface area contributed by atoms with Gasteiger partial charge >= 0.3 is 0 Å². The molecule has 16 heavy (non-hydrogen) atoms. The molecule has 7 heteroatoms. The van der Waals surface area contributed by atoms with Gasteiger partial charge in [0.25, 0.3) is 11.4 Å². The second-order valence-electron chi connectivity index (χ2n) is 3.08. The van der Waals surface area contributed by atoms with Gasteiger partial charge < -0.3 is 0 Å². The Balaban J connectivity index is 0.000000487. The summed E-state index contributed by atoms with van der Waals surface area (Å²) in [6.07, 6.45) is -0.417. The molecular formula is C9H11N2O5. The number of hydrogen-bond acceptors (Lipinski definition) is 4. The van der Waals surface area contributed by atoms with Gasteiger partial charge in [-0.1, -0.05) is 0 Å². The van der Waals surface area contributed by atoms with Gasteiger partial charge in [0.05, 0.1) is 16.0 Å². The molecule has 0 fully saturated rings. The topological polar surface area (TPSA) is 106 Å². The maximum atomic E-state index is 10.1. The van der Waals surface area contributed by atoms with Crippen LogP contribution in [0.15, 0.2) is 24.3 Å². The molecule has 0 amide bonds. The Hall–Kier alpha value is -2.02. The Labute approximate surface area is 91.6 Å². The minimum atomic E-state index is -0.607. The number of nitrogens with zero attached hydrogens (tertiary/aromatic N) is 2. The average molecular weight is 227 g/mol. The fraction of sp³-hybridized carbons (Fsp3) is 0.333. The van der Waals surface area contributed by atoms with Gasteiger partial charge in [0.15, 0.2) is 0 Å². The first kappa shape index (κ1) is 14.0. The Morgan fingerprint density at radius 1 is 0.938 bits per heavy atom. The lowest BCUT2D eigenvalue weighted by molar-refractivity contribution is -0.389. The van der Waals surface area contributed by atoms with E-state index < -0.39 is 16.0 Å². The van der Waals surface area contributed by atoms with Crippen molar-refractivity contribution in [3.05, 3.63) is 44.5 Å². The fourth-order valence-electron chi connectivity index (χ4n) is 0.696. The molecule has 0 heterocycles. The zero-order valence-corrected chi connectivity index (χ0v) is 8.82. The van der Waals surface area contributed by atoms with Crippen molar-refractivity contribution < 1.29 is 15.0 Å². The third kappa shape index (κ3) is 5.66. The van der Waals surface area contributed by atoms with Crippen LogP contribution in [0.1, 0.15) is 13.8 Å². The molecule has 0 aliphatic rings. The summed E-state index contributed by atoms with van der Waals surface area (Å²) in [6.45, 7) is 3.22. The number of rotatable bonds is 2. The largest absolute Gasteiger partial charge is 0.269 e. The van der Waals surface area contributed by atoms with Gasteiger partial charge in [-0.15, -0.1) is 0 Å². The molecule has 87 valence electrons. The third-order valence-corrected chi connectivity index (χ3v) is 1.27. The summed E-state index contributed by atoms with van der Waals surface area (Å²) in [6, 6.07) is 4.38. The van der Waals surface area contributed by atoms with E-state index in [1.807, 2.05) is 0 Å². The molecule has 7 nitrogen and oxygen atoms in total. The molecule has 0 spiro atoms. The Kier molecular flexibility index (Phi) is 5.65. The van der Waals surface area contributed by atoms with Gasteiger partial charge in [-0.05, 0) is 13.8 Å². The molecule has 0 unspecified atom stereocenters. The van der Waals surface area contributed by atoms with Crippen molar-refractivity contribution in [3.63, 3.8) is 0 Å². The third-order valence-electron chi connectivity index (χ3n) is 1.27. The van der Waals surface area contributed by atoms with Crippen molar-refractivity contribution in [2.45, 2.75) is 20.0 Å². The summed E-state index contributed by atoms with van der Waals surface area (Å²) >= 11 is 0. The van der Waals surface area contributed by atoms with Crippen molar-refractivity contribution >= 4 is 11.4 Å². The zero-order chi connectivity index (χ0) is 12.7. The highest BCUT2D eigenvalue weighted by Gasteiger charge is 2.08. The standard InChI is InChI=1S/C6H4N2O4.C3H7O/c9-7(10)5-1-2-6(4-3-5)8(11)12;1-3(2)4/h1-4H;3H,1-2H3. The highest BCUT2D eigenvalue weighted by Crippen LogP contribution is 2.16. The Morgan fingerprint density at radius 3 is 1.25 bits per heavy atom. The van der Waals surface area contributed by atoms with Crippen LogP contribution in [0, 0.1) is 20.2 Å². The van der Waals surface area contributed by atoms with Gasteiger partial charge in [-0.25, -0.2) is 5.11 Å². The molecule has 0 bridgehead atoms. The van der Waals surface area contributed by atoms with Crippen LogP contribution >= 0.6 is 0 Å². The maximum absolute atomic E-state index is 10.1. The highest BCUT2D eigenvalue weighted by atomic mass is 16.6. The van der Waals surface area contributed by atoms with Crippen LogP contribution in [-0.4, -0.2) is 16.0 Å². The summed E-state index contributed by atoms with van der Waals surface area (Å²) in [5, 5.41) is 29.8. The van der Waals surface area contributed by atoms with Gasteiger partial charge in [0, 0.05) is 24.3 Å². The van der Waals surface area contributed by atoms with Crippen LogP contribution in [0.4, 0.5) is 11.4 Å². The summed E-state index contributed by atoms with van der Waals surface area (Å²) < 4.78 is 0. The van der Waals surface area contributed by atoms with Crippen molar-refractivity contribution in [2.75, 3.05) is 0 Å². The lowest BCUT2D eigenvalue weighted by Crippen LogP contribution is -1.90. The number of benzene rings is 1. The second kappa shape index (κ2) is 6.46. The van der Waals surface area contributed by atoms with Gasteiger partial charge in [0.2, 0.25) is 0 Å². The molecule has 1 aromatic rings. The van der Waals surface area contributed by atoms with E-state index >= 15 is 0 Å². The van der Waals surface area contributed by atoms with Crippen LogP contribution in [0.3, 0.4) is 0 Å². The molecule has 0 N–H and O–H groups in total. The van der Waals surface area contributed by atoms with E-state index in [-0.39, 0.29) is 11.4 Å². The van der Waals surface area contributed by atoms with Gasteiger partial charge in [0.1, 0.15) is 0 Å². The Bertz CT molecular complexity index is 325. The molecule has 1 aromatic carbocycles. The van der Waals surface area contributed by atoms with Crippen LogP contribution in [0.25, 0.3) is 0 Å². The minimum Gasteiger partial charge on any atom is -0.258 e. The first-order valence-corrected chi connectivity index (χ1v) is 4.39. The number of nitro groups is 2. The number of hydrogen-bond donors (Lipinski definition) is 0. The summed E-state index contributed by atoms with van der Waals surface area (Å²) in [5.41, 5.74) is -0.304. The van der Waals surface area contributed by atoms with E-state index in [1.165, 1.54) is 0 Å². The van der Waals surface area contributed by atoms with E-state index in [1.54, 1.807) is 13.8 Å². The molecule has 0 saturated heterocycles. The molecule has 0 aliphatic heterocycles. The molecule has 1 rings (SSSR count). The molecular weight excluding hydrogens is 216 g/mol. The predicted molar refractivity (Wildman–Crippen MR) is 55.6 cm³/mol. The van der Waals surface area contributed by atoms with E-state index in [0.29, 0.717) is 0 Å². The quantitative estimate of drug-likeness (QED) is 0.570. The molecule has 0 aromatic heterocycles. The smallest absolute Gasteiger partial charge is 0.258 e. The Morgan fingerprint density at radius 2 is 1.12 bits per heavy atom. The van der Waals surface area contributed by atoms with Crippen molar-refractivity contribution in [2.24, 2.45) is 0 Å². The van der Waals surface area contributed by atoms with E-state index in [0.717, 1.165) is 24.3 Å². The highest BCUT2D eigenvalue weighted by molar-refractivity contribution is 5.39. The minimum absolute atomic E-state index is 0.152. The molecule has 1 radical (unpaired) electrons. The number of nitro benzene ring substituents is 2. The molecule has 0 aliphatic carbocycles. The van der Waals surface area contributed by atoms with Crippen molar-refractivity contribution in [1.29, 1.82) is 0 Å². The lowest BCUT2D eigenvalue weighted by Gasteiger charge is -1.90. The van der Waals surface area contributed by atoms with Crippen molar-refractivity contribution in [1.82, 2.24) is 0 Å². The molecule has 0 atom stereocenters. The predicted octanol–water partition coefficient (Wildman–Crippen LogP) is 2.33. The van der Waals surface area contributed by atoms with E-state index in [9.17, 15) is 25.3 Å². The summed E-state index contributed by atoms with van der Waals surface area (Å²) in [5.74, 6) is 0. The SMILES string of the molecule is CC(C)[O].O=[N+]([O-])c1ccc([N+](=O)[O-])cc1. The van der Waals surface area contributed by atoms with Crippen LogP contribution in [0.5, 0.6) is 0 Å². The van der Waals surface area contributed by atoms with E-state index in [2.05, 4.69) is 0 Å². The first-order chi connectivity index (χ1) is 7.34.